The predicted molar refractivity (Wildman–Crippen MR) is 70.7 cm³/mol. The van der Waals surface area contributed by atoms with Gasteiger partial charge in [0.25, 0.3) is 5.78 Å². The molecule has 0 amide bonds. The molecular weight excluding hydrogens is 240 g/mol. The van der Waals surface area contributed by atoms with Crippen molar-refractivity contribution in [1.82, 2.24) is 0 Å². The lowest BCUT2D eigenvalue weighted by Gasteiger charge is -2.10. The summed E-state index contributed by atoms with van der Waals surface area (Å²) in [6, 6.07) is 15.3. The molecule has 2 aromatic carbocycles. The number of Topliss-reactive ketones (excluding diaryl/α,β-unsaturated/α-hetero) is 1. The number of methoxy groups -OCH3 is 1. The molecule has 1 aliphatic carbocycles. The molecule has 94 valence electrons. The third kappa shape index (κ3) is 1.66. The van der Waals surface area contributed by atoms with Gasteiger partial charge in [0.1, 0.15) is 0 Å². The van der Waals surface area contributed by atoms with Crippen LogP contribution in [-0.2, 0) is 14.3 Å². The second kappa shape index (κ2) is 4.35. The Bertz CT molecular complexity index is 628. The topological polar surface area (TPSA) is 43.4 Å². The van der Waals surface area contributed by atoms with E-state index in [0.717, 1.165) is 22.3 Å². The molecule has 0 fully saturated rings. The Morgan fingerprint density at radius 1 is 0.895 bits per heavy atom. The molecule has 0 radical (unpaired) electrons. The van der Waals surface area contributed by atoms with Crippen LogP contribution in [0.5, 0.6) is 0 Å². The van der Waals surface area contributed by atoms with Crippen LogP contribution in [0.25, 0.3) is 11.1 Å². The molecule has 3 heteroatoms. The molecular formula is C16H12O3. The number of carbonyl (C=O) groups is 2. The first-order chi connectivity index (χ1) is 9.24. The molecule has 0 spiro atoms. The molecule has 0 N–H and O–H groups in total. The first kappa shape index (κ1) is 11.7. The van der Waals surface area contributed by atoms with Crippen molar-refractivity contribution in [2.45, 2.75) is 5.92 Å². The van der Waals surface area contributed by atoms with Crippen molar-refractivity contribution in [2.75, 3.05) is 7.11 Å². The predicted octanol–water partition coefficient (Wildman–Crippen LogP) is 2.54. The summed E-state index contributed by atoms with van der Waals surface area (Å²) in [6.45, 7) is 0. The van der Waals surface area contributed by atoms with Crippen molar-refractivity contribution in [3.05, 3.63) is 59.7 Å². The van der Waals surface area contributed by atoms with Crippen molar-refractivity contribution in [2.24, 2.45) is 0 Å². The summed E-state index contributed by atoms with van der Waals surface area (Å²) >= 11 is 0. The van der Waals surface area contributed by atoms with Gasteiger partial charge in [0.2, 0.25) is 0 Å². The summed E-state index contributed by atoms with van der Waals surface area (Å²) in [6.07, 6.45) is 0. The van der Waals surface area contributed by atoms with Crippen molar-refractivity contribution >= 4 is 11.8 Å². The van der Waals surface area contributed by atoms with Gasteiger partial charge >= 0.3 is 5.97 Å². The maximum absolute atomic E-state index is 12.2. The summed E-state index contributed by atoms with van der Waals surface area (Å²) in [5.74, 6) is -1.85. The smallest absolute Gasteiger partial charge is 0.375 e. The van der Waals surface area contributed by atoms with Crippen LogP contribution in [-0.4, -0.2) is 18.9 Å². The van der Waals surface area contributed by atoms with Crippen molar-refractivity contribution in [3.8, 4) is 11.1 Å². The van der Waals surface area contributed by atoms with Gasteiger partial charge in [0.15, 0.2) is 0 Å². The highest BCUT2D eigenvalue weighted by Gasteiger charge is 2.36. The minimum atomic E-state index is -0.795. The molecule has 3 nitrogen and oxygen atoms in total. The van der Waals surface area contributed by atoms with E-state index in [1.165, 1.54) is 7.11 Å². The third-order valence-corrected chi connectivity index (χ3v) is 3.48. The highest BCUT2D eigenvalue weighted by molar-refractivity contribution is 6.37. The fourth-order valence-electron chi connectivity index (χ4n) is 2.66. The quantitative estimate of drug-likeness (QED) is 0.609. The van der Waals surface area contributed by atoms with E-state index in [4.69, 9.17) is 0 Å². The number of fused-ring (bicyclic) bond motifs is 3. The van der Waals surface area contributed by atoms with E-state index in [9.17, 15) is 9.59 Å². The van der Waals surface area contributed by atoms with Gasteiger partial charge in [-0.25, -0.2) is 4.79 Å². The summed E-state index contributed by atoms with van der Waals surface area (Å²) in [4.78, 5) is 23.8. The monoisotopic (exact) mass is 252 g/mol. The van der Waals surface area contributed by atoms with Crippen LogP contribution in [0.4, 0.5) is 0 Å². The number of ether oxygens (including phenoxy) is 1. The van der Waals surface area contributed by atoms with Crippen molar-refractivity contribution < 1.29 is 14.3 Å². The van der Waals surface area contributed by atoms with Gasteiger partial charge in [-0.3, -0.25) is 4.79 Å². The lowest BCUT2D eigenvalue weighted by molar-refractivity contribution is -0.151. The third-order valence-electron chi connectivity index (χ3n) is 3.48. The Hall–Kier alpha value is -2.42. The van der Waals surface area contributed by atoms with Gasteiger partial charge in [-0.1, -0.05) is 48.5 Å². The lowest BCUT2D eigenvalue weighted by Crippen LogP contribution is -2.22. The SMILES string of the molecule is COC(=O)C(=O)C1c2ccccc2-c2ccccc21. The molecule has 0 saturated carbocycles. The molecule has 0 aliphatic heterocycles. The molecule has 19 heavy (non-hydrogen) atoms. The zero-order valence-electron chi connectivity index (χ0n) is 10.4. The lowest BCUT2D eigenvalue weighted by atomic mass is 9.92. The van der Waals surface area contributed by atoms with Crippen LogP contribution in [0.1, 0.15) is 17.0 Å². The van der Waals surface area contributed by atoms with Gasteiger partial charge in [0.05, 0.1) is 13.0 Å². The van der Waals surface area contributed by atoms with E-state index in [-0.39, 0.29) is 0 Å². The zero-order valence-corrected chi connectivity index (χ0v) is 10.4. The fraction of sp³-hybridized carbons (Fsp3) is 0.125. The average Bonchev–Trinajstić information content (AvgIpc) is 2.80. The summed E-state index contributed by atoms with van der Waals surface area (Å²) in [5, 5.41) is 0. The van der Waals surface area contributed by atoms with E-state index < -0.39 is 17.7 Å². The molecule has 0 atom stereocenters. The normalized spacial score (nSPS) is 12.7. The van der Waals surface area contributed by atoms with Crippen LogP contribution >= 0.6 is 0 Å². The number of hydrogen-bond donors (Lipinski definition) is 0. The number of rotatable bonds is 2. The summed E-state index contributed by atoms with van der Waals surface area (Å²) in [5.41, 5.74) is 3.78. The minimum absolute atomic E-state index is 0.514. The highest BCUT2D eigenvalue weighted by atomic mass is 16.5. The van der Waals surface area contributed by atoms with Crippen LogP contribution in [0, 0.1) is 0 Å². The Morgan fingerprint density at radius 3 is 1.84 bits per heavy atom. The van der Waals surface area contributed by atoms with Crippen LogP contribution < -0.4 is 0 Å². The van der Waals surface area contributed by atoms with Gasteiger partial charge in [-0.15, -0.1) is 0 Å². The van der Waals surface area contributed by atoms with Gasteiger partial charge in [-0.05, 0) is 22.3 Å². The molecule has 0 heterocycles. The molecule has 0 unspecified atom stereocenters. The average molecular weight is 252 g/mol. The molecule has 0 aromatic heterocycles. The van der Waals surface area contributed by atoms with Gasteiger partial charge in [-0.2, -0.15) is 0 Å². The number of esters is 1. The van der Waals surface area contributed by atoms with Crippen LogP contribution in [0.3, 0.4) is 0 Å². The van der Waals surface area contributed by atoms with Crippen molar-refractivity contribution in [1.29, 1.82) is 0 Å². The molecule has 0 saturated heterocycles. The van der Waals surface area contributed by atoms with E-state index in [1.54, 1.807) is 0 Å². The maximum atomic E-state index is 12.2. The Morgan fingerprint density at radius 2 is 1.37 bits per heavy atom. The zero-order chi connectivity index (χ0) is 13.4. The van der Waals surface area contributed by atoms with Gasteiger partial charge in [0, 0.05) is 0 Å². The Labute approximate surface area is 110 Å². The van der Waals surface area contributed by atoms with Gasteiger partial charge < -0.3 is 4.74 Å². The summed E-state index contributed by atoms with van der Waals surface area (Å²) in [7, 11) is 1.23. The standard InChI is InChI=1S/C16H12O3/c1-19-16(18)15(17)14-12-8-4-2-6-10(12)11-7-3-5-9-13(11)14/h2-9,14H,1H3. The molecule has 2 aromatic rings. The molecule has 1 aliphatic rings. The summed E-state index contributed by atoms with van der Waals surface area (Å²) < 4.78 is 4.57. The van der Waals surface area contributed by atoms with E-state index in [2.05, 4.69) is 4.74 Å². The minimum Gasteiger partial charge on any atom is -0.463 e. The number of carbonyl (C=O) groups excluding carboxylic acids is 2. The van der Waals surface area contributed by atoms with E-state index in [1.807, 2.05) is 48.5 Å². The number of benzene rings is 2. The van der Waals surface area contributed by atoms with E-state index >= 15 is 0 Å². The highest BCUT2D eigenvalue weighted by Crippen LogP contribution is 2.44. The number of hydrogen-bond acceptors (Lipinski definition) is 3. The second-order valence-electron chi connectivity index (χ2n) is 4.46. The van der Waals surface area contributed by atoms with E-state index in [0.29, 0.717) is 0 Å². The van der Waals surface area contributed by atoms with Crippen molar-refractivity contribution in [3.63, 3.8) is 0 Å². The fourth-order valence-corrected chi connectivity index (χ4v) is 2.66. The maximum Gasteiger partial charge on any atom is 0.375 e. The Balaban J connectivity index is 2.20. The largest absolute Gasteiger partial charge is 0.463 e. The first-order valence-electron chi connectivity index (χ1n) is 6.04. The number of ketones is 1. The first-order valence-corrected chi connectivity index (χ1v) is 6.04. The van der Waals surface area contributed by atoms with Crippen LogP contribution in [0.2, 0.25) is 0 Å². The Kier molecular flexibility index (Phi) is 2.67. The molecule has 3 rings (SSSR count). The van der Waals surface area contributed by atoms with Crippen LogP contribution in [0.15, 0.2) is 48.5 Å². The molecule has 0 bridgehead atoms. The second-order valence-corrected chi connectivity index (χ2v) is 4.46.